The summed E-state index contributed by atoms with van der Waals surface area (Å²) in [5.41, 5.74) is -2.11. The number of aromatic amines is 1. The van der Waals surface area contributed by atoms with E-state index in [1.165, 1.54) is 0 Å². The van der Waals surface area contributed by atoms with Crippen LogP contribution >= 0.6 is 0 Å². The molecule has 14 heteroatoms. The number of halogens is 1. The SMILES string of the molecule is CCCC(=O)OC(OCCOCCOCC(=O)OCn1cc(F)c(=O)[nH]c1=O)OC(C)=O. The van der Waals surface area contributed by atoms with E-state index in [4.69, 9.17) is 28.4 Å². The van der Waals surface area contributed by atoms with Crippen LogP contribution in [0.2, 0.25) is 0 Å². The van der Waals surface area contributed by atoms with Crippen molar-refractivity contribution in [1.82, 2.24) is 9.55 Å². The van der Waals surface area contributed by atoms with Gasteiger partial charge in [0.15, 0.2) is 6.73 Å². The number of esters is 3. The number of carbonyl (C=O) groups is 3. The highest BCUT2D eigenvalue weighted by Crippen LogP contribution is 2.02. The largest absolute Gasteiger partial charge is 0.442 e. The van der Waals surface area contributed by atoms with E-state index in [0.717, 1.165) is 6.92 Å². The van der Waals surface area contributed by atoms with Gasteiger partial charge in [-0.05, 0) is 6.42 Å². The van der Waals surface area contributed by atoms with Gasteiger partial charge in [0.05, 0.1) is 32.6 Å². The number of hydrogen-bond acceptors (Lipinski definition) is 11. The van der Waals surface area contributed by atoms with Gasteiger partial charge in [-0.3, -0.25) is 23.9 Å². The van der Waals surface area contributed by atoms with Crippen LogP contribution in [0.4, 0.5) is 4.39 Å². The second-order valence-corrected chi connectivity index (χ2v) is 6.03. The van der Waals surface area contributed by atoms with E-state index in [9.17, 15) is 28.4 Å². The Hall–Kier alpha value is -3.10. The number of nitrogens with zero attached hydrogens (tertiary/aromatic N) is 1. The molecule has 0 fully saturated rings. The molecule has 0 aliphatic carbocycles. The molecular weight excluding hydrogens is 439 g/mol. The molecule has 1 aromatic heterocycles. The summed E-state index contributed by atoms with van der Waals surface area (Å²) in [6.45, 7) is 0.493. The van der Waals surface area contributed by atoms with Crippen LogP contribution in [0.25, 0.3) is 0 Å². The molecule has 0 saturated heterocycles. The first-order valence-corrected chi connectivity index (χ1v) is 9.51. The lowest BCUT2D eigenvalue weighted by molar-refractivity contribution is -0.267. The molecule has 0 saturated carbocycles. The number of rotatable bonds is 15. The van der Waals surface area contributed by atoms with E-state index in [-0.39, 0.29) is 32.8 Å². The van der Waals surface area contributed by atoms with Gasteiger partial charge in [0, 0.05) is 13.3 Å². The predicted molar refractivity (Wildman–Crippen MR) is 102 cm³/mol. The van der Waals surface area contributed by atoms with Gasteiger partial charge in [-0.2, -0.15) is 4.39 Å². The second-order valence-electron chi connectivity index (χ2n) is 6.03. The minimum Gasteiger partial charge on any atom is -0.442 e. The van der Waals surface area contributed by atoms with Gasteiger partial charge in [0.1, 0.15) is 6.61 Å². The van der Waals surface area contributed by atoms with Gasteiger partial charge in [-0.1, -0.05) is 6.92 Å². The van der Waals surface area contributed by atoms with E-state index >= 15 is 0 Å². The Morgan fingerprint density at radius 2 is 1.75 bits per heavy atom. The van der Waals surface area contributed by atoms with Gasteiger partial charge in [-0.25, -0.2) is 9.59 Å². The fourth-order valence-corrected chi connectivity index (χ4v) is 1.94. The molecule has 0 aliphatic rings. The molecule has 180 valence electrons. The van der Waals surface area contributed by atoms with Gasteiger partial charge >= 0.3 is 30.1 Å². The minimum atomic E-state index is -1.47. The molecule has 13 nitrogen and oxygen atoms in total. The molecule has 1 rings (SSSR count). The molecule has 1 aromatic rings. The number of H-pyrrole nitrogens is 1. The van der Waals surface area contributed by atoms with Gasteiger partial charge < -0.3 is 28.4 Å². The van der Waals surface area contributed by atoms with Crippen molar-refractivity contribution in [2.45, 2.75) is 39.9 Å². The molecule has 1 atom stereocenters. The Labute approximate surface area is 181 Å². The maximum Gasteiger partial charge on any atom is 0.365 e. The number of nitrogens with one attached hydrogen (secondary N) is 1. The van der Waals surface area contributed by atoms with Crippen molar-refractivity contribution in [2.75, 3.05) is 33.0 Å². The summed E-state index contributed by atoms with van der Waals surface area (Å²) in [6, 6.07) is 0. The second kappa shape index (κ2) is 14.8. The van der Waals surface area contributed by atoms with Crippen molar-refractivity contribution < 1.29 is 47.2 Å². The summed E-state index contributed by atoms with van der Waals surface area (Å²) < 4.78 is 43.4. The van der Waals surface area contributed by atoms with Crippen LogP contribution in [-0.4, -0.2) is 67.0 Å². The first kappa shape index (κ1) is 26.9. The molecule has 1 unspecified atom stereocenters. The number of aromatic nitrogens is 2. The third-order valence-electron chi connectivity index (χ3n) is 3.35. The molecule has 0 amide bonds. The summed E-state index contributed by atoms with van der Waals surface area (Å²) in [4.78, 5) is 58.0. The van der Waals surface area contributed by atoms with E-state index in [2.05, 4.69) is 0 Å². The van der Waals surface area contributed by atoms with Crippen molar-refractivity contribution in [3.63, 3.8) is 0 Å². The van der Waals surface area contributed by atoms with Crippen LogP contribution in [0.1, 0.15) is 26.7 Å². The quantitative estimate of drug-likeness (QED) is 0.201. The number of ether oxygens (including phenoxy) is 6. The van der Waals surface area contributed by atoms with Crippen LogP contribution < -0.4 is 11.2 Å². The van der Waals surface area contributed by atoms with Crippen molar-refractivity contribution in [1.29, 1.82) is 0 Å². The van der Waals surface area contributed by atoms with Crippen LogP contribution in [-0.2, 0) is 49.5 Å². The molecule has 0 spiro atoms. The Kier molecular flexibility index (Phi) is 12.5. The Morgan fingerprint density at radius 1 is 1.06 bits per heavy atom. The lowest BCUT2D eigenvalue weighted by Crippen LogP contribution is -2.32. The highest BCUT2D eigenvalue weighted by molar-refractivity contribution is 5.70. The Morgan fingerprint density at radius 3 is 2.44 bits per heavy atom. The van der Waals surface area contributed by atoms with E-state index in [1.54, 1.807) is 11.9 Å². The van der Waals surface area contributed by atoms with E-state index in [0.29, 0.717) is 17.2 Å². The number of carbonyl (C=O) groups excluding carboxylic acids is 3. The molecule has 0 radical (unpaired) electrons. The minimum absolute atomic E-state index is 0.0151. The third-order valence-corrected chi connectivity index (χ3v) is 3.35. The van der Waals surface area contributed by atoms with E-state index in [1.807, 2.05) is 0 Å². The van der Waals surface area contributed by atoms with Gasteiger partial charge in [-0.15, -0.1) is 0 Å². The van der Waals surface area contributed by atoms with Crippen LogP contribution in [0.3, 0.4) is 0 Å². The highest BCUT2D eigenvalue weighted by Gasteiger charge is 2.17. The summed E-state index contributed by atoms with van der Waals surface area (Å²) in [6.07, 6.45) is 1.32. The van der Waals surface area contributed by atoms with Crippen LogP contribution in [0.15, 0.2) is 15.8 Å². The van der Waals surface area contributed by atoms with Gasteiger partial charge in [0.25, 0.3) is 5.56 Å². The van der Waals surface area contributed by atoms with Crippen molar-refractivity contribution in [3.8, 4) is 0 Å². The van der Waals surface area contributed by atoms with Crippen LogP contribution in [0, 0.1) is 5.82 Å². The van der Waals surface area contributed by atoms with Gasteiger partial charge in [0.2, 0.25) is 5.82 Å². The normalized spacial score (nSPS) is 11.6. The number of hydrogen-bond donors (Lipinski definition) is 1. The first-order chi connectivity index (χ1) is 15.2. The first-order valence-electron chi connectivity index (χ1n) is 9.51. The van der Waals surface area contributed by atoms with E-state index < -0.39 is 54.8 Å². The molecular formula is C18H25FN2O11. The monoisotopic (exact) mass is 464 g/mol. The molecule has 0 aromatic carbocycles. The average Bonchev–Trinajstić information content (AvgIpc) is 2.71. The zero-order valence-corrected chi connectivity index (χ0v) is 17.6. The summed E-state index contributed by atoms with van der Waals surface area (Å²) in [5.74, 6) is -3.28. The van der Waals surface area contributed by atoms with Crippen molar-refractivity contribution in [3.05, 3.63) is 32.9 Å². The molecule has 32 heavy (non-hydrogen) atoms. The Bertz CT molecular complexity index is 867. The lowest BCUT2D eigenvalue weighted by atomic mass is 10.3. The highest BCUT2D eigenvalue weighted by atomic mass is 19.1. The standard InChI is InChI=1S/C18H25FN2O11/c1-3-4-14(23)32-18(31-12(2)22)29-8-7-27-5-6-28-10-15(24)30-11-21-9-13(19)16(25)20-17(21)26/h9,18H,3-8,10-11H2,1-2H3,(H,20,25,26). The maximum absolute atomic E-state index is 13.1. The zero-order chi connectivity index (χ0) is 23.9. The van der Waals surface area contributed by atoms with Crippen LogP contribution in [0.5, 0.6) is 0 Å². The fraction of sp³-hybridized carbons (Fsp3) is 0.611. The lowest BCUT2D eigenvalue weighted by Gasteiger charge is -2.17. The van der Waals surface area contributed by atoms with Crippen molar-refractivity contribution in [2.24, 2.45) is 0 Å². The zero-order valence-electron chi connectivity index (χ0n) is 17.6. The molecule has 1 N–H and O–H groups in total. The molecule has 1 heterocycles. The maximum atomic E-state index is 13.1. The molecule has 0 bridgehead atoms. The van der Waals surface area contributed by atoms with Crippen molar-refractivity contribution >= 4 is 17.9 Å². The average molecular weight is 464 g/mol. The molecule has 0 aliphatic heterocycles. The fourth-order valence-electron chi connectivity index (χ4n) is 1.94. The summed E-state index contributed by atoms with van der Waals surface area (Å²) >= 11 is 0. The third kappa shape index (κ3) is 11.3. The predicted octanol–water partition coefficient (Wildman–Crippen LogP) is -0.584. The summed E-state index contributed by atoms with van der Waals surface area (Å²) in [7, 11) is 0. The summed E-state index contributed by atoms with van der Waals surface area (Å²) in [5, 5.41) is 0. The topological polar surface area (TPSA) is 161 Å². The smallest absolute Gasteiger partial charge is 0.365 e. The Balaban J connectivity index is 2.15.